The van der Waals surface area contributed by atoms with Gasteiger partial charge in [-0.25, -0.2) is 4.98 Å². The summed E-state index contributed by atoms with van der Waals surface area (Å²) < 4.78 is 2.31. The van der Waals surface area contributed by atoms with Gasteiger partial charge in [-0.05, 0) is 62.9 Å². The van der Waals surface area contributed by atoms with Crippen LogP contribution in [0.3, 0.4) is 0 Å². The summed E-state index contributed by atoms with van der Waals surface area (Å²) in [5.41, 5.74) is 9.52. The number of imidazole rings is 1. The SMILES string of the molecule is C=CC1=C(N(C)C)CCCCCCn2c(nc3ccc(C)cc32)NC(=C)c2cc(C)nc1c2. The maximum absolute atomic E-state index is 4.91. The third kappa shape index (κ3) is 4.87. The summed E-state index contributed by atoms with van der Waals surface area (Å²) >= 11 is 0. The molecule has 33 heavy (non-hydrogen) atoms. The van der Waals surface area contributed by atoms with Crippen LogP contribution in [0.5, 0.6) is 0 Å². The van der Waals surface area contributed by atoms with Gasteiger partial charge >= 0.3 is 0 Å². The van der Waals surface area contributed by atoms with Crippen molar-refractivity contribution in [2.45, 2.75) is 52.5 Å². The zero-order chi connectivity index (χ0) is 23.5. The van der Waals surface area contributed by atoms with Gasteiger partial charge in [0.1, 0.15) is 0 Å². The Balaban J connectivity index is 1.82. The lowest BCUT2D eigenvalue weighted by Crippen LogP contribution is -2.14. The van der Waals surface area contributed by atoms with Gasteiger partial charge in [-0.1, -0.05) is 38.1 Å². The van der Waals surface area contributed by atoms with Gasteiger partial charge in [0.15, 0.2) is 0 Å². The van der Waals surface area contributed by atoms with E-state index in [0.717, 1.165) is 65.5 Å². The van der Waals surface area contributed by atoms with Crippen LogP contribution in [0.1, 0.15) is 54.6 Å². The minimum Gasteiger partial charge on any atom is -0.380 e. The number of hydrogen-bond donors (Lipinski definition) is 1. The highest BCUT2D eigenvalue weighted by molar-refractivity contribution is 5.83. The van der Waals surface area contributed by atoms with E-state index < -0.39 is 0 Å². The number of rotatable bonds is 2. The van der Waals surface area contributed by atoms with Gasteiger partial charge in [0.2, 0.25) is 5.95 Å². The van der Waals surface area contributed by atoms with Crippen molar-refractivity contribution in [1.29, 1.82) is 0 Å². The van der Waals surface area contributed by atoms with Crippen molar-refractivity contribution in [3.05, 3.63) is 77.8 Å². The van der Waals surface area contributed by atoms with Crippen LogP contribution in [0.2, 0.25) is 0 Å². The highest BCUT2D eigenvalue weighted by Crippen LogP contribution is 2.29. The lowest BCUT2D eigenvalue weighted by Gasteiger charge is -2.21. The van der Waals surface area contributed by atoms with Crippen molar-refractivity contribution < 1.29 is 0 Å². The Morgan fingerprint density at radius 3 is 2.58 bits per heavy atom. The van der Waals surface area contributed by atoms with Crippen LogP contribution >= 0.6 is 0 Å². The molecule has 0 saturated carbocycles. The first-order chi connectivity index (χ1) is 15.9. The summed E-state index contributed by atoms with van der Waals surface area (Å²) in [6.07, 6.45) is 7.58. The number of allylic oxidation sites excluding steroid dienone is 3. The molecular formula is C28H35N5. The van der Waals surface area contributed by atoms with Gasteiger partial charge in [-0.3, -0.25) is 4.98 Å². The van der Waals surface area contributed by atoms with E-state index in [4.69, 9.17) is 9.97 Å². The van der Waals surface area contributed by atoms with E-state index in [0.29, 0.717) is 0 Å². The molecule has 4 rings (SSSR count). The van der Waals surface area contributed by atoms with E-state index in [9.17, 15) is 0 Å². The van der Waals surface area contributed by atoms with Crippen LogP contribution in [0.15, 0.2) is 55.3 Å². The zero-order valence-electron chi connectivity index (χ0n) is 20.4. The normalized spacial score (nSPS) is 15.5. The molecule has 1 N–H and O–H groups in total. The zero-order valence-corrected chi connectivity index (χ0v) is 20.4. The molecule has 3 heterocycles. The molecule has 0 fully saturated rings. The van der Waals surface area contributed by atoms with E-state index in [-0.39, 0.29) is 0 Å². The van der Waals surface area contributed by atoms with Crippen LogP contribution < -0.4 is 5.32 Å². The second kappa shape index (κ2) is 9.65. The Kier molecular flexibility index (Phi) is 6.68. The molecule has 1 aliphatic rings. The van der Waals surface area contributed by atoms with Crippen LogP contribution in [0.4, 0.5) is 5.95 Å². The van der Waals surface area contributed by atoms with E-state index in [1.165, 1.54) is 29.6 Å². The molecule has 172 valence electrons. The Morgan fingerprint density at radius 2 is 1.82 bits per heavy atom. The number of anilines is 1. The second-order valence-electron chi connectivity index (χ2n) is 9.19. The number of benzene rings is 1. The molecule has 3 aromatic rings. The van der Waals surface area contributed by atoms with Gasteiger partial charge in [0.05, 0.1) is 16.7 Å². The third-order valence-electron chi connectivity index (χ3n) is 6.34. The molecule has 0 amide bonds. The third-order valence-corrected chi connectivity index (χ3v) is 6.34. The van der Waals surface area contributed by atoms with Gasteiger partial charge in [-0.2, -0.15) is 0 Å². The molecule has 0 atom stereocenters. The highest BCUT2D eigenvalue weighted by atomic mass is 15.2. The van der Waals surface area contributed by atoms with Crippen molar-refractivity contribution in [2.24, 2.45) is 0 Å². The topological polar surface area (TPSA) is 46.0 Å². The summed E-state index contributed by atoms with van der Waals surface area (Å²) in [7, 11) is 4.21. The van der Waals surface area contributed by atoms with Crippen molar-refractivity contribution >= 4 is 28.3 Å². The minimum atomic E-state index is 0.819. The molecule has 0 radical (unpaired) electrons. The Labute approximate surface area is 197 Å². The van der Waals surface area contributed by atoms with Crippen LogP contribution in [0, 0.1) is 13.8 Å². The molecule has 2 aromatic heterocycles. The average Bonchev–Trinajstić information content (AvgIpc) is 3.10. The monoisotopic (exact) mass is 441 g/mol. The fourth-order valence-corrected chi connectivity index (χ4v) is 4.63. The smallest absolute Gasteiger partial charge is 0.208 e. The van der Waals surface area contributed by atoms with E-state index in [2.05, 4.69) is 79.3 Å². The van der Waals surface area contributed by atoms with Crippen molar-refractivity contribution in [3.63, 3.8) is 0 Å². The van der Waals surface area contributed by atoms with Crippen LogP contribution in [0.25, 0.3) is 22.3 Å². The predicted octanol–water partition coefficient (Wildman–Crippen LogP) is 6.55. The first-order valence-corrected chi connectivity index (χ1v) is 11.8. The summed E-state index contributed by atoms with van der Waals surface area (Å²) in [5, 5.41) is 3.52. The number of hydrogen-bond acceptors (Lipinski definition) is 4. The quantitative estimate of drug-likeness (QED) is 0.489. The van der Waals surface area contributed by atoms with Gasteiger partial charge in [0.25, 0.3) is 0 Å². The maximum atomic E-state index is 4.91. The van der Waals surface area contributed by atoms with Crippen LogP contribution in [-0.2, 0) is 6.54 Å². The molecule has 1 aliphatic heterocycles. The van der Waals surface area contributed by atoms with Crippen LogP contribution in [-0.4, -0.2) is 33.5 Å². The first-order valence-electron chi connectivity index (χ1n) is 11.8. The predicted molar refractivity (Wildman–Crippen MR) is 140 cm³/mol. The molecule has 0 unspecified atom stereocenters. The van der Waals surface area contributed by atoms with E-state index >= 15 is 0 Å². The molecule has 5 heteroatoms. The highest BCUT2D eigenvalue weighted by Gasteiger charge is 2.16. The van der Waals surface area contributed by atoms with Crippen molar-refractivity contribution in [3.8, 4) is 0 Å². The summed E-state index contributed by atoms with van der Waals surface area (Å²) in [6, 6.07) is 10.6. The molecule has 0 aliphatic carbocycles. The summed E-state index contributed by atoms with van der Waals surface area (Å²) in [4.78, 5) is 12.0. The largest absolute Gasteiger partial charge is 0.380 e. The lowest BCUT2D eigenvalue weighted by atomic mass is 10.0. The number of fused-ring (bicyclic) bond motifs is 5. The number of aromatic nitrogens is 3. The Bertz CT molecular complexity index is 1230. The first kappa shape index (κ1) is 22.8. The summed E-state index contributed by atoms with van der Waals surface area (Å²) in [5.74, 6) is 0.847. The lowest BCUT2D eigenvalue weighted by molar-refractivity contribution is 0.473. The van der Waals surface area contributed by atoms with E-state index in [1.807, 2.05) is 13.0 Å². The fraction of sp³-hybridized carbons (Fsp3) is 0.357. The summed E-state index contributed by atoms with van der Waals surface area (Å²) in [6.45, 7) is 13.6. The van der Waals surface area contributed by atoms with Crippen molar-refractivity contribution in [2.75, 3.05) is 19.4 Å². The average molecular weight is 442 g/mol. The van der Waals surface area contributed by atoms with Gasteiger partial charge in [-0.15, -0.1) is 0 Å². The molecule has 0 spiro atoms. The van der Waals surface area contributed by atoms with Gasteiger partial charge in [0, 0.05) is 48.9 Å². The van der Waals surface area contributed by atoms with Gasteiger partial charge < -0.3 is 14.8 Å². The fourth-order valence-electron chi connectivity index (χ4n) is 4.63. The van der Waals surface area contributed by atoms with E-state index in [1.54, 1.807) is 0 Å². The van der Waals surface area contributed by atoms with Crippen molar-refractivity contribution in [1.82, 2.24) is 19.4 Å². The molecule has 5 nitrogen and oxygen atoms in total. The standard InChI is InChI=1S/C28H35N5/c1-7-23-25-18-22(17-20(3)29-25)21(4)30-28-31-24-14-13-19(2)16-27(24)33(28)15-11-9-8-10-12-26(23)32(5)6/h7,13-14,16-18H,1,4,8-12,15H2,2-3,5-6H3,(H,30,31). The Hall–Kier alpha value is -3.34. The Morgan fingerprint density at radius 1 is 1.03 bits per heavy atom. The molecule has 0 saturated heterocycles. The second-order valence-corrected chi connectivity index (χ2v) is 9.19. The number of pyridine rings is 1. The maximum Gasteiger partial charge on any atom is 0.208 e. The minimum absolute atomic E-state index is 0.819. The number of nitrogens with zero attached hydrogens (tertiary/aromatic N) is 4. The molecule has 2 bridgehead atoms. The number of nitrogens with one attached hydrogen (secondary N) is 1. The molecule has 1 aromatic carbocycles. The molecular weight excluding hydrogens is 406 g/mol. The number of aryl methyl sites for hydroxylation is 3.